The molecule has 0 unspecified atom stereocenters. The van der Waals surface area contributed by atoms with Crippen LogP contribution < -0.4 is 4.90 Å². The Balaban J connectivity index is 1.47. The molecule has 4 aromatic heterocycles. The van der Waals surface area contributed by atoms with Gasteiger partial charge in [0.25, 0.3) is 0 Å². The topological polar surface area (TPSA) is 86.4 Å². The van der Waals surface area contributed by atoms with Gasteiger partial charge in [-0.2, -0.15) is 5.10 Å². The van der Waals surface area contributed by atoms with Crippen LogP contribution in [-0.4, -0.2) is 43.2 Å². The number of hydrogen-bond acceptors (Lipinski definition) is 5. The molecule has 1 aromatic carbocycles. The Morgan fingerprint density at radius 1 is 0.933 bits per heavy atom. The minimum Gasteiger partial charge on any atom is -0.370 e. The molecule has 0 atom stereocenters. The first-order valence-electron chi connectivity index (χ1n) is 10.4. The van der Waals surface area contributed by atoms with Crippen molar-refractivity contribution in [3.8, 4) is 22.8 Å². The van der Waals surface area contributed by atoms with Crippen LogP contribution in [0.5, 0.6) is 0 Å². The van der Waals surface area contributed by atoms with Crippen LogP contribution in [0.2, 0.25) is 0 Å². The number of benzene rings is 1. The van der Waals surface area contributed by atoms with Crippen molar-refractivity contribution >= 4 is 27.6 Å². The molecule has 6 rings (SSSR count). The molecule has 0 radical (unpaired) electrons. The Labute approximate surface area is 173 Å². The summed E-state index contributed by atoms with van der Waals surface area (Å²) >= 11 is 0. The number of aromatic nitrogens is 6. The molecule has 0 bridgehead atoms. The van der Waals surface area contributed by atoms with Gasteiger partial charge < -0.3 is 9.88 Å². The summed E-state index contributed by atoms with van der Waals surface area (Å²) in [6.07, 6.45) is 9.18. The van der Waals surface area contributed by atoms with Crippen molar-refractivity contribution in [2.45, 2.75) is 19.3 Å². The predicted molar refractivity (Wildman–Crippen MR) is 118 cm³/mol. The van der Waals surface area contributed by atoms with Crippen LogP contribution in [0.1, 0.15) is 19.3 Å². The van der Waals surface area contributed by atoms with Crippen molar-refractivity contribution in [1.29, 1.82) is 0 Å². The van der Waals surface area contributed by atoms with E-state index in [4.69, 9.17) is 4.98 Å². The minimum atomic E-state index is 0.768. The van der Waals surface area contributed by atoms with Gasteiger partial charge in [-0.15, -0.1) is 0 Å². The van der Waals surface area contributed by atoms with Gasteiger partial charge in [0.1, 0.15) is 11.2 Å². The van der Waals surface area contributed by atoms with Crippen LogP contribution in [0.15, 0.2) is 55.0 Å². The molecular formula is C23H21N7. The first-order valence-corrected chi connectivity index (χ1v) is 10.4. The molecule has 30 heavy (non-hydrogen) atoms. The van der Waals surface area contributed by atoms with E-state index in [1.54, 1.807) is 6.20 Å². The van der Waals surface area contributed by atoms with Gasteiger partial charge in [-0.3, -0.25) is 15.1 Å². The maximum Gasteiger partial charge on any atom is 0.159 e. The summed E-state index contributed by atoms with van der Waals surface area (Å²) in [5, 5.41) is 8.63. The lowest BCUT2D eigenvalue weighted by molar-refractivity contribution is 0.579. The average Bonchev–Trinajstić information content (AvgIpc) is 3.43. The number of rotatable bonds is 3. The number of imidazole rings is 1. The molecular weight excluding hydrogens is 374 g/mol. The van der Waals surface area contributed by atoms with Gasteiger partial charge >= 0.3 is 0 Å². The van der Waals surface area contributed by atoms with Crippen LogP contribution >= 0.6 is 0 Å². The smallest absolute Gasteiger partial charge is 0.159 e. The Morgan fingerprint density at radius 2 is 1.87 bits per heavy atom. The molecule has 1 saturated heterocycles. The first-order chi connectivity index (χ1) is 14.9. The largest absolute Gasteiger partial charge is 0.370 e. The molecule has 148 valence electrons. The summed E-state index contributed by atoms with van der Waals surface area (Å²) in [6, 6.07) is 12.3. The molecule has 2 N–H and O–H groups in total. The van der Waals surface area contributed by atoms with Gasteiger partial charge in [-0.25, -0.2) is 4.98 Å². The van der Waals surface area contributed by atoms with Gasteiger partial charge in [0.2, 0.25) is 0 Å². The van der Waals surface area contributed by atoms with Gasteiger partial charge in [-0.05, 0) is 49.6 Å². The second-order valence-corrected chi connectivity index (χ2v) is 7.74. The molecule has 5 aromatic rings. The Hall–Kier alpha value is -3.74. The number of nitrogens with zero attached hydrogens (tertiary/aromatic N) is 5. The van der Waals surface area contributed by atoms with E-state index in [9.17, 15) is 0 Å². The average molecular weight is 395 g/mol. The fourth-order valence-corrected chi connectivity index (χ4v) is 4.29. The molecule has 0 aliphatic carbocycles. The second kappa shape index (κ2) is 6.95. The lowest BCUT2D eigenvalue weighted by Crippen LogP contribution is -2.29. The highest BCUT2D eigenvalue weighted by molar-refractivity contribution is 5.96. The highest BCUT2D eigenvalue weighted by atomic mass is 15.2. The minimum absolute atomic E-state index is 0.768. The van der Waals surface area contributed by atoms with Crippen LogP contribution in [0.25, 0.3) is 44.7 Å². The van der Waals surface area contributed by atoms with E-state index in [2.05, 4.69) is 48.2 Å². The zero-order valence-corrected chi connectivity index (χ0v) is 16.5. The van der Waals surface area contributed by atoms with E-state index in [0.717, 1.165) is 57.8 Å². The van der Waals surface area contributed by atoms with Gasteiger partial charge in [0, 0.05) is 36.4 Å². The molecule has 1 aliphatic rings. The summed E-state index contributed by atoms with van der Waals surface area (Å²) in [4.78, 5) is 19.7. The Bertz CT molecular complexity index is 1330. The first kappa shape index (κ1) is 17.1. The molecule has 1 aliphatic heterocycles. The molecule has 0 saturated carbocycles. The number of pyridine rings is 2. The van der Waals surface area contributed by atoms with E-state index >= 15 is 0 Å². The van der Waals surface area contributed by atoms with E-state index in [-0.39, 0.29) is 0 Å². The van der Waals surface area contributed by atoms with Crippen molar-refractivity contribution in [3.63, 3.8) is 0 Å². The fourth-order valence-electron chi connectivity index (χ4n) is 4.29. The lowest BCUT2D eigenvalue weighted by Gasteiger charge is -2.28. The van der Waals surface area contributed by atoms with Crippen molar-refractivity contribution in [2.24, 2.45) is 0 Å². The van der Waals surface area contributed by atoms with Crippen LogP contribution in [-0.2, 0) is 0 Å². The van der Waals surface area contributed by atoms with E-state index in [0.29, 0.717) is 0 Å². The Kier molecular flexibility index (Phi) is 3.97. The third-order valence-corrected chi connectivity index (χ3v) is 5.82. The van der Waals surface area contributed by atoms with Crippen LogP contribution in [0, 0.1) is 0 Å². The quantitative estimate of drug-likeness (QED) is 0.468. The molecule has 7 nitrogen and oxygen atoms in total. The standard InChI is InChI=1S/C23H21N7/c1-2-10-30(11-3-1)20-8-4-7-17-22(20)27-23(26-17)21-16-12-18(15-6-5-9-24-13-15)25-14-19(16)28-29-21/h4-9,12-14H,1-3,10-11H2,(H,26,27)(H,28,29). The van der Waals surface area contributed by atoms with Gasteiger partial charge in [-0.1, -0.05) is 6.07 Å². The number of nitrogens with one attached hydrogen (secondary N) is 2. The van der Waals surface area contributed by atoms with Crippen molar-refractivity contribution < 1.29 is 0 Å². The van der Waals surface area contributed by atoms with Crippen molar-refractivity contribution in [1.82, 2.24) is 30.1 Å². The van der Waals surface area contributed by atoms with Crippen LogP contribution in [0.3, 0.4) is 0 Å². The SMILES string of the molecule is c1cncc(-c2cc3c(-c4nc5c(N6CCCCC6)cccc5[nH]4)n[nH]c3cn2)c1. The summed E-state index contributed by atoms with van der Waals surface area (Å²) < 4.78 is 0. The number of H-pyrrole nitrogens is 2. The summed E-state index contributed by atoms with van der Waals surface area (Å²) in [5.74, 6) is 0.768. The number of fused-ring (bicyclic) bond motifs is 2. The highest BCUT2D eigenvalue weighted by Crippen LogP contribution is 2.32. The second-order valence-electron chi connectivity index (χ2n) is 7.74. The van der Waals surface area contributed by atoms with E-state index in [1.165, 1.54) is 24.9 Å². The maximum absolute atomic E-state index is 4.97. The maximum atomic E-state index is 4.97. The summed E-state index contributed by atoms with van der Waals surface area (Å²) in [7, 11) is 0. The molecule has 7 heteroatoms. The number of para-hydroxylation sites is 1. The predicted octanol–water partition coefficient (Wildman–Crippen LogP) is 4.55. The molecule has 0 spiro atoms. The number of hydrogen-bond donors (Lipinski definition) is 2. The van der Waals surface area contributed by atoms with Gasteiger partial charge in [0.05, 0.1) is 28.6 Å². The zero-order valence-electron chi connectivity index (χ0n) is 16.5. The third kappa shape index (κ3) is 2.82. The fraction of sp³-hybridized carbons (Fsp3) is 0.217. The van der Waals surface area contributed by atoms with Crippen molar-refractivity contribution in [3.05, 3.63) is 55.0 Å². The van der Waals surface area contributed by atoms with Crippen molar-refractivity contribution in [2.75, 3.05) is 18.0 Å². The number of piperidine rings is 1. The molecule has 0 amide bonds. The lowest BCUT2D eigenvalue weighted by atomic mass is 10.1. The monoisotopic (exact) mass is 395 g/mol. The highest BCUT2D eigenvalue weighted by Gasteiger charge is 2.18. The zero-order chi connectivity index (χ0) is 19.9. The van der Waals surface area contributed by atoms with E-state index < -0.39 is 0 Å². The van der Waals surface area contributed by atoms with E-state index in [1.807, 2.05) is 30.6 Å². The molecule has 5 heterocycles. The number of aromatic amines is 2. The molecule has 1 fully saturated rings. The summed E-state index contributed by atoms with van der Waals surface area (Å²) in [6.45, 7) is 2.18. The Morgan fingerprint density at radius 3 is 2.73 bits per heavy atom. The summed E-state index contributed by atoms with van der Waals surface area (Å²) in [5.41, 5.74) is 6.77. The number of anilines is 1. The van der Waals surface area contributed by atoms with Gasteiger partial charge in [0.15, 0.2) is 5.82 Å². The third-order valence-electron chi connectivity index (χ3n) is 5.82. The normalized spacial score (nSPS) is 14.6. The van der Waals surface area contributed by atoms with Crippen LogP contribution in [0.4, 0.5) is 5.69 Å².